The molecular formula is C31H40ClN7O3S. The van der Waals surface area contributed by atoms with Crippen molar-refractivity contribution < 1.29 is 13.2 Å². The van der Waals surface area contributed by atoms with Crippen LogP contribution in [0.4, 0.5) is 17.3 Å². The van der Waals surface area contributed by atoms with Crippen molar-refractivity contribution in [2.24, 2.45) is 0 Å². The number of piperidine rings is 1. The second-order valence-electron chi connectivity index (χ2n) is 11.5. The Morgan fingerprint density at radius 3 is 2.60 bits per heavy atom. The Hall–Kier alpha value is -3.12. The molecule has 0 spiro atoms. The van der Waals surface area contributed by atoms with Crippen LogP contribution in [0.5, 0.6) is 5.75 Å². The molecule has 3 aromatic rings. The Morgan fingerprint density at radius 2 is 1.88 bits per heavy atom. The monoisotopic (exact) mass is 625 g/mol. The molecule has 12 heteroatoms. The lowest BCUT2D eigenvalue weighted by Gasteiger charge is -2.42. The molecule has 1 N–H and O–H groups in total. The predicted octanol–water partition coefficient (Wildman–Crippen LogP) is 4.72. The second-order valence-corrected chi connectivity index (χ2v) is 14.0. The van der Waals surface area contributed by atoms with Crippen LogP contribution in [0.1, 0.15) is 37.4 Å². The average Bonchev–Trinajstić information content (AvgIpc) is 3.43. The van der Waals surface area contributed by atoms with Crippen LogP contribution in [0.25, 0.3) is 17.3 Å². The molecule has 0 atom stereocenters. The largest absolute Gasteiger partial charge is 0.495 e. The Balaban J connectivity index is 1.20. The van der Waals surface area contributed by atoms with Crippen molar-refractivity contribution in [3.63, 3.8) is 0 Å². The molecule has 1 aliphatic carbocycles. The predicted molar refractivity (Wildman–Crippen MR) is 173 cm³/mol. The topological polar surface area (TPSA) is 95.8 Å². The average molecular weight is 626 g/mol. The molecule has 43 heavy (non-hydrogen) atoms. The molecule has 1 aromatic carbocycles. The van der Waals surface area contributed by atoms with Gasteiger partial charge in [-0.2, -0.15) is 0 Å². The van der Waals surface area contributed by atoms with E-state index in [1.54, 1.807) is 26.4 Å². The van der Waals surface area contributed by atoms with Gasteiger partial charge in [0.2, 0.25) is 16.0 Å². The Morgan fingerprint density at radius 1 is 1.12 bits per heavy atom. The number of fused-ring (bicyclic) bond motifs is 1. The Kier molecular flexibility index (Phi) is 8.68. The summed E-state index contributed by atoms with van der Waals surface area (Å²) in [6.07, 6.45) is 10.9. The molecule has 2 aliphatic heterocycles. The highest BCUT2D eigenvalue weighted by molar-refractivity contribution is 7.89. The lowest BCUT2D eigenvalue weighted by Crippen LogP contribution is -2.52. The molecule has 3 aliphatic rings. The van der Waals surface area contributed by atoms with Gasteiger partial charge >= 0.3 is 0 Å². The van der Waals surface area contributed by atoms with E-state index in [1.807, 2.05) is 24.3 Å². The number of allylic oxidation sites excluding steroid dienone is 1. The van der Waals surface area contributed by atoms with Crippen molar-refractivity contribution >= 4 is 45.0 Å². The summed E-state index contributed by atoms with van der Waals surface area (Å²) in [6, 6.07) is 6.72. The SMILES string of the molecule is CCS(=O)(=O)n1cc(-c2nc(Nc3ccc(N4CCC(N5CCN(C)CC5)CC4)c(OC)c3)ncc2Cl)c2c1C=CCC2. The van der Waals surface area contributed by atoms with Crippen LogP contribution < -0.4 is 15.0 Å². The number of hydrogen-bond donors (Lipinski definition) is 1. The van der Waals surface area contributed by atoms with Gasteiger partial charge in [-0.25, -0.2) is 22.4 Å². The zero-order chi connectivity index (χ0) is 30.1. The molecule has 2 saturated heterocycles. The fourth-order valence-electron chi connectivity index (χ4n) is 6.39. The minimum atomic E-state index is -3.49. The summed E-state index contributed by atoms with van der Waals surface area (Å²) in [5.41, 5.74) is 4.68. The first-order valence-electron chi connectivity index (χ1n) is 15.1. The Labute approximate surface area is 259 Å². The molecular weight excluding hydrogens is 586 g/mol. The van der Waals surface area contributed by atoms with Gasteiger partial charge in [-0.15, -0.1) is 0 Å². The number of benzene rings is 1. The molecule has 0 unspecified atom stereocenters. The van der Waals surface area contributed by atoms with Gasteiger partial charge in [0, 0.05) is 68.8 Å². The van der Waals surface area contributed by atoms with Crippen LogP contribution in [-0.2, 0) is 16.4 Å². The summed E-state index contributed by atoms with van der Waals surface area (Å²) < 4.78 is 32.9. The number of ether oxygens (including phenoxy) is 1. The van der Waals surface area contributed by atoms with E-state index in [0.717, 1.165) is 81.2 Å². The van der Waals surface area contributed by atoms with Crippen LogP contribution in [0.2, 0.25) is 5.02 Å². The summed E-state index contributed by atoms with van der Waals surface area (Å²) in [4.78, 5) is 16.6. The van der Waals surface area contributed by atoms with Gasteiger partial charge < -0.3 is 19.9 Å². The fourth-order valence-corrected chi connectivity index (χ4v) is 7.60. The van der Waals surface area contributed by atoms with Gasteiger partial charge in [0.05, 0.1) is 41.2 Å². The number of methoxy groups -OCH3 is 1. The van der Waals surface area contributed by atoms with Crippen molar-refractivity contribution in [3.8, 4) is 17.0 Å². The highest BCUT2D eigenvalue weighted by Gasteiger charge is 2.28. The van der Waals surface area contributed by atoms with E-state index in [9.17, 15) is 8.42 Å². The number of nitrogens with zero attached hydrogens (tertiary/aromatic N) is 6. The smallest absolute Gasteiger partial charge is 0.238 e. The maximum atomic E-state index is 12.8. The van der Waals surface area contributed by atoms with Gasteiger partial charge in [-0.05, 0) is 63.4 Å². The molecule has 4 heterocycles. The molecule has 2 fully saturated rings. The molecule has 10 nitrogen and oxygen atoms in total. The number of aromatic nitrogens is 3. The Bertz CT molecular complexity index is 1610. The van der Waals surface area contributed by atoms with Crippen LogP contribution in [0.15, 0.2) is 36.7 Å². The number of halogens is 1. The van der Waals surface area contributed by atoms with Crippen LogP contribution in [0.3, 0.4) is 0 Å². The number of anilines is 3. The van der Waals surface area contributed by atoms with E-state index in [1.165, 1.54) is 3.97 Å². The molecule has 0 bridgehead atoms. The lowest BCUT2D eigenvalue weighted by molar-refractivity contribution is 0.0981. The number of likely N-dealkylation sites (N-methyl/N-ethyl adjacent to an activating group) is 1. The summed E-state index contributed by atoms with van der Waals surface area (Å²) in [5.74, 6) is 1.16. The molecule has 0 radical (unpaired) electrons. The fraction of sp³-hybridized carbons (Fsp3) is 0.484. The molecule has 0 saturated carbocycles. The second kappa shape index (κ2) is 12.5. The van der Waals surface area contributed by atoms with E-state index in [0.29, 0.717) is 40.4 Å². The third-order valence-electron chi connectivity index (χ3n) is 8.91. The van der Waals surface area contributed by atoms with Crippen LogP contribution in [0, 0.1) is 0 Å². The molecule has 0 amide bonds. The van der Waals surface area contributed by atoms with E-state index in [-0.39, 0.29) is 5.75 Å². The quantitative estimate of drug-likeness (QED) is 0.381. The van der Waals surface area contributed by atoms with Crippen molar-refractivity contribution in [2.45, 2.75) is 38.6 Å². The number of piperazine rings is 1. The molecule has 230 valence electrons. The van der Waals surface area contributed by atoms with Gasteiger partial charge in [-0.1, -0.05) is 17.7 Å². The first-order chi connectivity index (χ1) is 20.8. The first-order valence-corrected chi connectivity index (χ1v) is 17.1. The van der Waals surface area contributed by atoms with E-state index in [4.69, 9.17) is 21.3 Å². The van der Waals surface area contributed by atoms with Gasteiger partial charge in [-0.3, -0.25) is 4.90 Å². The molecule has 2 aromatic heterocycles. The summed E-state index contributed by atoms with van der Waals surface area (Å²) in [7, 11) is 0.410. The van der Waals surface area contributed by atoms with E-state index >= 15 is 0 Å². The minimum Gasteiger partial charge on any atom is -0.495 e. The summed E-state index contributed by atoms with van der Waals surface area (Å²) >= 11 is 6.59. The third-order valence-corrected chi connectivity index (χ3v) is 10.8. The van der Waals surface area contributed by atoms with Crippen molar-refractivity contribution in [1.82, 2.24) is 23.7 Å². The highest BCUT2D eigenvalue weighted by atomic mass is 35.5. The molecule has 6 rings (SSSR count). The van der Waals surface area contributed by atoms with Crippen molar-refractivity contribution in [1.29, 1.82) is 0 Å². The third kappa shape index (κ3) is 6.13. The number of hydrogen-bond acceptors (Lipinski definition) is 9. The van der Waals surface area contributed by atoms with E-state index in [2.05, 4.69) is 38.1 Å². The first kappa shape index (κ1) is 29.9. The van der Waals surface area contributed by atoms with Crippen molar-refractivity contribution in [2.75, 3.05) is 69.4 Å². The highest BCUT2D eigenvalue weighted by Crippen LogP contribution is 2.38. The van der Waals surface area contributed by atoms with Gasteiger partial charge in [0.1, 0.15) is 5.75 Å². The van der Waals surface area contributed by atoms with Crippen molar-refractivity contribution in [3.05, 3.63) is 52.9 Å². The normalized spacial score (nSPS) is 18.6. The number of rotatable bonds is 8. The summed E-state index contributed by atoms with van der Waals surface area (Å²) in [6.45, 7) is 8.24. The zero-order valence-electron chi connectivity index (χ0n) is 25.1. The summed E-state index contributed by atoms with van der Waals surface area (Å²) in [5, 5.41) is 3.66. The van der Waals surface area contributed by atoms with Gasteiger partial charge in [0.15, 0.2) is 0 Å². The van der Waals surface area contributed by atoms with E-state index < -0.39 is 10.0 Å². The maximum absolute atomic E-state index is 12.8. The lowest BCUT2D eigenvalue weighted by atomic mass is 9.99. The standard InChI is InChI=1S/C31H40ClN7O3S/c1-4-43(40,41)39-21-25(24-7-5-6-8-27(24)39)30-26(32)20-33-31(35-30)34-22-9-10-28(29(19-22)42-3)38-13-11-23(12-14-38)37-17-15-36(2)16-18-37/h6,8-10,19-21,23H,4-5,7,11-18H2,1-3H3,(H,33,34,35). The maximum Gasteiger partial charge on any atom is 0.238 e. The van der Waals surface area contributed by atoms with Crippen LogP contribution >= 0.6 is 11.6 Å². The van der Waals surface area contributed by atoms with Crippen LogP contribution in [-0.4, -0.2) is 97.4 Å². The van der Waals surface area contributed by atoms with Gasteiger partial charge in [0.25, 0.3) is 0 Å². The number of nitrogens with one attached hydrogen (secondary N) is 1. The zero-order valence-corrected chi connectivity index (χ0v) is 26.7. The minimum absolute atomic E-state index is 0.00217.